The molecule has 1 N–H and O–H groups in total. The Morgan fingerprint density at radius 1 is 1.10 bits per heavy atom. The highest BCUT2D eigenvalue weighted by Crippen LogP contribution is 2.60. The highest BCUT2D eigenvalue weighted by Gasteiger charge is 2.66. The summed E-state index contributed by atoms with van der Waals surface area (Å²) in [5.74, 6) is -1.70. The van der Waals surface area contributed by atoms with Crippen LogP contribution in [0, 0.1) is 23.7 Å². The van der Waals surface area contributed by atoms with Crippen molar-refractivity contribution in [3.63, 3.8) is 0 Å². The first-order valence-electron chi connectivity index (χ1n) is 10.4. The normalized spacial score (nSPS) is 32.2. The topological polar surface area (TPSA) is 92.8 Å². The van der Waals surface area contributed by atoms with Crippen LogP contribution in [-0.4, -0.2) is 51.4 Å². The van der Waals surface area contributed by atoms with Crippen LogP contribution in [0.5, 0.6) is 0 Å². The lowest BCUT2D eigenvalue weighted by atomic mass is 9.81. The fraction of sp³-hybridized carbons (Fsp3) is 0.545. The molecule has 0 spiro atoms. The molecule has 2 aliphatic carbocycles. The van der Waals surface area contributed by atoms with Crippen LogP contribution in [0.15, 0.2) is 30.3 Å². The molecule has 4 rings (SSSR count). The third-order valence-corrected chi connectivity index (χ3v) is 9.87. The molecule has 0 radical (unpaired) electrons. The smallest absolute Gasteiger partial charge is 0.308 e. The van der Waals surface area contributed by atoms with Crippen molar-refractivity contribution in [3.8, 4) is 0 Å². The average Bonchev–Trinajstić information content (AvgIpc) is 3.36. The Hall–Kier alpha value is -1.74. The van der Waals surface area contributed by atoms with Crippen molar-refractivity contribution < 1.29 is 23.9 Å². The lowest BCUT2D eigenvalue weighted by Gasteiger charge is -2.28. The molecule has 31 heavy (non-hydrogen) atoms. The van der Waals surface area contributed by atoms with Crippen LogP contribution in [0.1, 0.15) is 31.4 Å². The predicted octanol–water partition coefficient (Wildman–Crippen LogP) is 2.58. The van der Waals surface area contributed by atoms with Crippen molar-refractivity contribution >= 4 is 55.6 Å². The van der Waals surface area contributed by atoms with Crippen LogP contribution in [0.4, 0.5) is 0 Å². The van der Waals surface area contributed by atoms with E-state index >= 15 is 0 Å². The Labute approximate surface area is 197 Å². The summed E-state index contributed by atoms with van der Waals surface area (Å²) in [6.07, 6.45) is 0.744. The number of alkyl halides is 2. The largest absolute Gasteiger partial charge is 0.456 e. The van der Waals surface area contributed by atoms with Gasteiger partial charge < -0.3 is 10.1 Å². The standard InChI is InChI=1S/C22H24Br2N2O5/c1-11(12-5-3-2-4-6-12)25-15(27)10-31-16(28)7-8-26-21(29)17-13-9-14(18(17)22(26)30)20(24)19(13)23/h2-6,11,13-14,17-20H,7-10H2,1H3,(H,25,27)/t11-,13+,14+,17+,18+,19-,20+/m0/s1. The summed E-state index contributed by atoms with van der Waals surface area (Å²) in [5, 5.41) is 2.77. The number of likely N-dealkylation sites (tertiary alicyclic amines) is 1. The van der Waals surface area contributed by atoms with E-state index in [2.05, 4.69) is 37.2 Å². The number of carbonyl (C=O) groups excluding carboxylic acids is 4. The third-order valence-electron chi connectivity index (χ3n) is 6.66. The van der Waals surface area contributed by atoms with E-state index in [9.17, 15) is 19.2 Å². The maximum atomic E-state index is 12.8. The minimum atomic E-state index is -0.611. The van der Waals surface area contributed by atoms with Crippen molar-refractivity contribution in [2.45, 2.75) is 35.5 Å². The molecule has 3 fully saturated rings. The van der Waals surface area contributed by atoms with Gasteiger partial charge in [-0.1, -0.05) is 62.2 Å². The monoisotopic (exact) mass is 554 g/mol. The number of rotatable bonds is 7. The molecule has 1 aliphatic heterocycles. The van der Waals surface area contributed by atoms with E-state index in [-0.39, 0.29) is 64.1 Å². The second-order valence-electron chi connectivity index (χ2n) is 8.44. The van der Waals surface area contributed by atoms with Crippen molar-refractivity contribution in [2.24, 2.45) is 23.7 Å². The molecule has 3 amide bonds. The lowest BCUT2D eigenvalue weighted by molar-refractivity contribution is -0.150. The van der Waals surface area contributed by atoms with Gasteiger partial charge in [-0.05, 0) is 30.7 Å². The number of benzene rings is 1. The van der Waals surface area contributed by atoms with Crippen LogP contribution in [0.3, 0.4) is 0 Å². The van der Waals surface area contributed by atoms with Crippen LogP contribution in [-0.2, 0) is 23.9 Å². The van der Waals surface area contributed by atoms with E-state index in [1.54, 1.807) is 0 Å². The van der Waals surface area contributed by atoms with Crippen LogP contribution < -0.4 is 5.32 Å². The summed E-state index contributed by atoms with van der Waals surface area (Å²) in [7, 11) is 0. The zero-order valence-electron chi connectivity index (χ0n) is 17.0. The summed E-state index contributed by atoms with van der Waals surface area (Å²) in [5.41, 5.74) is 0.948. The molecule has 0 unspecified atom stereocenters. The quantitative estimate of drug-likeness (QED) is 0.317. The number of ether oxygens (including phenoxy) is 1. The van der Waals surface area contributed by atoms with Gasteiger partial charge in [0.05, 0.1) is 24.3 Å². The average molecular weight is 556 g/mol. The van der Waals surface area contributed by atoms with Gasteiger partial charge in [-0.25, -0.2) is 0 Å². The molecule has 2 saturated carbocycles. The van der Waals surface area contributed by atoms with Gasteiger partial charge in [-0.3, -0.25) is 24.1 Å². The Kier molecular flexibility index (Phi) is 6.53. The van der Waals surface area contributed by atoms with E-state index < -0.39 is 18.5 Å². The maximum absolute atomic E-state index is 12.8. The highest BCUT2D eigenvalue weighted by atomic mass is 79.9. The Balaban J connectivity index is 1.24. The molecule has 2 bridgehead atoms. The molecular formula is C22H24Br2N2O5. The fourth-order valence-electron chi connectivity index (χ4n) is 5.16. The van der Waals surface area contributed by atoms with E-state index in [1.807, 2.05) is 37.3 Å². The van der Waals surface area contributed by atoms with Gasteiger partial charge >= 0.3 is 5.97 Å². The second-order valence-corrected chi connectivity index (χ2v) is 10.6. The van der Waals surface area contributed by atoms with Gasteiger partial charge in [0.2, 0.25) is 11.8 Å². The van der Waals surface area contributed by atoms with Crippen LogP contribution in [0.25, 0.3) is 0 Å². The first kappa shape index (κ1) is 22.5. The zero-order chi connectivity index (χ0) is 22.3. The molecule has 1 saturated heterocycles. The number of hydrogen-bond donors (Lipinski definition) is 1. The molecule has 7 atom stereocenters. The van der Waals surface area contributed by atoms with E-state index in [1.165, 1.54) is 4.90 Å². The van der Waals surface area contributed by atoms with Crippen molar-refractivity contribution in [2.75, 3.05) is 13.2 Å². The van der Waals surface area contributed by atoms with Crippen LogP contribution >= 0.6 is 31.9 Å². The molecule has 7 nitrogen and oxygen atoms in total. The van der Waals surface area contributed by atoms with Crippen LogP contribution in [0.2, 0.25) is 0 Å². The number of esters is 1. The summed E-state index contributed by atoms with van der Waals surface area (Å²) in [6.45, 7) is 1.44. The zero-order valence-corrected chi connectivity index (χ0v) is 20.2. The minimum Gasteiger partial charge on any atom is -0.456 e. The molecule has 1 heterocycles. The van der Waals surface area contributed by atoms with Crippen molar-refractivity contribution in [1.29, 1.82) is 0 Å². The number of hydrogen-bond acceptors (Lipinski definition) is 5. The minimum absolute atomic E-state index is 0.00905. The number of amides is 3. The summed E-state index contributed by atoms with van der Waals surface area (Å²) >= 11 is 7.30. The number of carbonyl (C=O) groups is 4. The number of imide groups is 1. The first-order chi connectivity index (χ1) is 14.8. The molecule has 166 valence electrons. The summed E-state index contributed by atoms with van der Waals surface area (Å²) in [6, 6.07) is 9.25. The predicted molar refractivity (Wildman–Crippen MR) is 119 cm³/mol. The Morgan fingerprint density at radius 2 is 1.68 bits per heavy atom. The van der Waals surface area contributed by atoms with E-state index in [4.69, 9.17) is 4.74 Å². The number of nitrogens with zero attached hydrogens (tertiary/aromatic N) is 1. The Morgan fingerprint density at radius 3 is 2.26 bits per heavy atom. The number of halogens is 2. The third kappa shape index (κ3) is 4.18. The lowest BCUT2D eigenvalue weighted by Crippen LogP contribution is -2.37. The number of nitrogens with one attached hydrogen (secondary N) is 1. The molecule has 3 aliphatic rings. The Bertz CT molecular complexity index is 863. The van der Waals surface area contributed by atoms with Gasteiger partial charge in [0.25, 0.3) is 5.91 Å². The molecular weight excluding hydrogens is 532 g/mol. The van der Waals surface area contributed by atoms with Gasteiger partial charge in [-0.15, -0.1) is 0 Å². The van der Waals surface area contributed by atoms with Gasteiger partial charge in [0, 0.05) is 16.2 Å². The molecule has 1 aromatic rings. The van der Waals surface area contributed by atoms with Gasteiger partial charge in [-0.2, -0.15) is 0 Å². The van der Waals surface area contributed by atoms with E-state index in [0.29, 0.717) is 0 Å². The summed E-state index contributed by atoms with van der Waals surface area (Å²) < 4.78 is 5.04. The maximum Gasteiger partial charge on any atom is 0.308 e. The number of fused-ring (bicyclic) bond motifs is 5. The van der Waals surface area contributed by atoms with E-state index in [0.717, 1.165) is 12.0 Å². The fourth-order valence-corrected chi connectivity index (χ4v) is 7.03. The first-order valence-corrected chi connectivity index (χ1v) is 12.3. The van der Waals surface area contributed by atoms with Gasteiger partial charge in [0.15, 0.2) is 6.61 Å². The molecule has 9 heteroatoms. The van der Waals surface area contributed by atoms with Crippen molar-refractivity contribution in [1.82, 2.24) is 10.2 Å². The highest BCUT2D eigenvalue weighted by molar-refractivity contribution is 9.12. The van der Waals surface area contributed by atoms with Crippen molar-refractivity contribution in [3.05, 3.63) is 35.9 Å². The second kappa shape index (κ2) is 9.02. The SMILES string of the molecule is C[C@H](NC(=O)COC(=O)CCN1C(=O)[C@@H]2[C@H]3C[C@@H]([C@@H](Br)[C@H]3Br)[C@H]2C1=O)c1ccccc1. The summed E-state index contributed by atoms with van der Waals surface area (Å²) in [4.78, 5) is 51.4. The van der Waals surface area contributed by atoms with Gasteiger partial charge in [0.1, 0.15) is 0 Å². The molecule has 0 aromatic heterocycles. The molecule has 1 aromatic carbocycles.